The molecule has 1 fully saturated rings. The number of carbonyl (C=O) groups is 1. The van der Waals surface area contributed by atoms with E-state index in [9.17, 15) is 4.79 Å². The van der Waals surface area contributed by atoms with Crippen LogP contribution in [0.15, 0.2) is 42.5 Å². The van der Waals surface area contributed by atoms with Crippen LogP contribution < -0.4 is 14.4 Å². The third-order valence-electron chi connectivity index (χ3n) is 4.57. The maximum absolute atomic E-state index is 12.4. The molecular weight excluding hydrogens is 352 g/mol. The van der Waals surface area contributed by atoms with Crippen LogP contribution in [0.25, 0.3) is 0 Å². The molecule has 1 aliphatic rings. The summed E-state index contributed by atoms with van der Waals surface area (Å²) >= 11 is 6.12. The summed E-state index contributed by atoms with van der Waals surface area (Å²) in [6, 6.07) is 13.1. The standard InChI is InChI=1S/C20H23ClN2O3/c1-15-3-4-16(21)13-19(15)22-9-11-23(12-10-22)20(24)14-26-18-7-5-17(25-2)6-8-18/h3-8,13H,9-12,14H2,1-2H3. The monoisotopic (exact) mass is 374 g/mol. The van der Waals surface area contributed by atoms with E-state index in [1.54, 1.807) is 19.2 Å². The van der Waals surface area contributed by atoms with E-state index >= 15 is 0 Å². The van der Waals surface area contributed by atoms with Gasteiger partial charge in [0.05, 0.1) is 7.11 Å². The van der Waals surface area contributed by atoms with Gasteiger partial charge in [-0.1, -0.05) is 17.7 Å². The third kappa shape index (κ3) is 4.41. The fourth-order valence-electron chi connectivity index (χ4n) is 3.03. The largest absolute Gasteiger partial charge is 0.497 e. The zero-order valence-electron chi connectivity index (χ0n) is 15.1. The van der Waals surface area contributed by atoms with Crippen molar-refractivity contribution in [1.29, 1.82) is 0 Å². The average Bonchev–Trinajstić information content (AvgIpc) is 2.68. The number of amides is 1. The number of halogens is 1. The lowest BCUT2D eigenvalue weighted by molar-refractivity contribution is -0.133. The number of rotatable bonds is 5. The Hall–Kier alpha value is -2.40. The number of nitrogens with zero attached hydrogens (tertiary/aromatic N) is 2. The highest BCUT2D eigenvalue weighted by Gasteiger charge is 2.22. The topological polar surface area (TPSA) is 42.0 Å². The van der Waals surface area contributed by atoms with E-state index in [2.05, 4.69) is 11.8 Å². The zero-order valence-corrected chi connectivity index (χ0v) is 15.8. The van der Waals surface area contributed by atoms with Crippen LogP contribution in [-0.2, 0) is 4.79 Å². The summed E-state index contributed by atoms with van der Waals surface area (Å²) in [6.07, 6.45) is 0. The minimum Gasteiger partial charge on any atom is -0.497 e. The van der Waals surface area contributed by atoms with Gasteiger partial charge < -0.3 is 19.3 Å². The molecule has 1 amide bonds. The van der Waals surface area contributed by atoms with Crippen LogP contribution in [-0.4, -0.2) is 50.7 Å². The van der Waals surface area contributed by atoms with Crippen molar-refractivity contribution in [3.8, 4) is 11.5 Å². The molecule has 1 heterocycles. The molecule has 0 unspecified atom stereocenters. The molecule has 0 atom stereocenters. The quantitative estimate of drug-likeness (QED) is 0.804. The first-order valence-corrected chi connectivity index (χ1v) is 9.00. The van der Waals surface area contributed by atoms with Gasteiger partial charge in [0, 0.05) is 36.9 Å². The van der Waals surface area contributed by atoms with Gasteiger partial charge in [-0.2, -0.15) is 0 Å². The maximum Gasteiger partial charge on any atom is 0.260 e. The van der Waals surface area contributed by atoms with Crippen molar-refractivity contribution in [3.63, 3.8) is 0 Å². The van der Waals surface area contributed by atoms with Gasteiger partial charge in [0.1, 0.15) is 11.5 Å². The van der Waals surface area contributed by atoms with Crippen LogP contribution in [0, 0.1) is 6.92 Å². The summed E-state index contributed by atoms with van der Waals surface area (Å²) in [5.41, 5.74) is 2.33. The van der Waals surface area contributed by atoms with Crippen molar-refractivity contribution < 1.29 is 14.3 Å². The lowest BCUT2D eigenvalue weighted by Gasteiger charge is -2.36. The van der Waals surface area contributed by atoms with Crippen molar-refractivity contribution in [2.45, 2.75) is 6.92 Å². The number of aryl methyl sites for hydroxylation is 1. The second-order valence-corrected chi connectivity index (χ2v) is 6.70. The molecule has 0 bridgehead atoms. The Bertz CT molecular complexity index is 756. The highest BCUT2D eigenvalue weighted by atomic mass is 35.5. The maximum atomic E-state index is 12.4. The number of piperazine rings is 1. The molecule has 26 heavy (non-hydrogen) atoms. The van der Waals surface area contributed by atoms with E-state index in [0.29, 0.717) is 18.8 Å². The molecule has 1 saturated heterocycles. The number of ether oxygens (including phenoxy) is 2. The van der Waals surface area contributed by atoms with E-state index in [4.69, 9.17) is 21.1 Å². The molecule has 138 valence electrons. The number of methoxy groups -OCH3 is 1. The molecule has 3 rings (SSSR count). The van der Waals surface area contributed by atoms with Crippen LogP contribution in [0.4, 0.5) is 5.69 Å². The molecule has 2 aromatic rings. The smallest absolute Gasteiger partial charge is 0.260 e. The highest BCUT2D eigenvalue weighted by Crippen LogP contribution is 2.25. The Labute approximate surface area is 159 Å². The van der Waals surface area contributed by atoms with Gasteiger partial charge in [0.25, 0.3) is 5.91 Å². The summed E-state index contributed by atoms with van der Waals surface area (Å²) in [5.74, 6) is 1.42. The van der Waals surface area contributed by atoms with Gasteiger partial charge in [-0.3, -0.25) is 4.79 Å². The van der Waals surface area contributed by atoms with Crippen LogP contribution in [0.3, 0.4) is 0 Å². The van der Waals surface area contributed by atoms with E-state index in [-0.39, 0.29) is 12.5 Å². The van der Waals surface area contributed by atoms with Gasteiger partial charge >= 0.3 is 0 Å². The van der Waals surface area contributed by atoms with Crippen LogP contribution in [0.1, 0.15) is 5.56 Å². The molecular formula is C20H23ClN2O3. The Balaban J connectivity index is 1.50. The molecule has 5 nitrogen and oxygen atoms in total. The fourth-order valence-corrected chi connectivity index (χ4v) is 3.19. The van der Waals surface area contributed by atoms with Crippen LogP contribution in [0.2, 0.25) is 5.02 Å². The molecule has 2 aromatic carbocycles. The molecule has 0 saturated carbocycles. The number of anilines is 1. The van der Waals surface area contributed by atoms with Crippen molar-refractivity contribution in [2.75, 3.05) is 44.8 Å². The van der Waals surface area contributed by atoms with Crippen molar-refractivity contribution in [1.82, 2.24) is 4.90 Å². The lowest BCUT2D eigenvalue weighted by Crippen LogP contribution is -2.50. The predicted octanol–water partition coefficient (Wildman–Crippen LogP) is 3.38. The summed E-state index contributed by atoms with van der Waals surface area (Å²) in [5, 5.41) is 0.733. The fraction of sp³-hybridized carbons (Fsp3) is 0.350. The average molecular weight is 375 g/mol. The normalized spacial score (nSPS) is 14.3. The molecule has 0 spiro atoms. The second-order valence-electron chi connectivity index (χ2n) is 6.26. The number of hydrogen-bond donors (Lipinski definition) is 0. The summed E-state index contributed by atoms with van der Waals surface area (Å²) in [4.78, 5) is 16.5. The highest BCUT2D eigenvalue weighted by molar-refractivity contribution is 6.30. The molecule has 0 aliphatic carbocycles. The zero-order chi connectivity index (χ0) is 18.5. The molecule has 0 aromatic heterocycles. The summed E-state index contributed by atoms with van der Waals surface area (Å²) in [6.45, 7) is 5.05. The Morgan fingerprint density at radius 1 is 1.04 bits per heavy atom. The minimum atomic E-state index is 0.00304. The van der Waals surface area contributed by atoms with Crippen molar-refractivity contribution in [3.05, 3.63) is 53.1 Å². The van der Waals surface area contributed by atoms with Crippen molar-refractivity contribution >= 4 is 23.2 Å². The van der Waals surface area contributed by atoms with Gasteiger partial charge in [-0.25, -0.2) is 0 Å². The van der Waals surface area contributed by atoms with E-state index in [1.807, 2.05) is 35.2 Å². The first-order valence-electron chi connectivity index (χ1n) is 8.62. The Morgan fingerprint density at radius 2 is 1.69 bits per heavy atom. The number of hydrogen-bond acceptors (Lipinski definition) is 4. The molecule has 6 heteroatoms. The third-order valence-corrected chi connectivity index (χ3v) is 4.80. The molecule has 0 N–H and O–H groups in total. The minimum absolute atomic E-state index is 0.00304. The Morgan fingerprint density at radius 3 is 2.35 bits per heavy atom. The number of benzene rings is 2. The predicted molar refractivity (Wildman–Crippen MR) is 103 cm³/mol. The van der Waals surface area contributed by atoms with E-state index in [1.165, 1.54) is 5.56 Å². The van der Waals surface area contributed by atoms with Crippen LogP contribution in [0.5, 0.6) is 11.5 Å². The Kier molecular flexibility index (Phi) is 5.89. The van der Waals surface area contributed by atoms with Crippen molar-refractivity contribution in [2.24, 2.45) is 0 Å². The van der Waals surface area contributed by atoms with Gasteiger partial charge in [0.15, 0.2) is 6.61 Å². The van der Waals surface area contributed by atoms with E-state index < -0.39 is 0 Å². The van der Waals surface area contributed by atoms with E-state index in [0.717, 1.165) is 29.5 Å². The van der Waals surface area contributed by atoms with Crippen LogP contribution >= 0.6 is 11.6 Å². The lowest BCUT2D eigenvalue weighted by atomic mass is 10.1. The van der Waals surface area contributed by atoms with Gasteiger partial charge in [-0.05, 0) is 48.9 Å². The molecule has 0 radical (unpaired) electrons. The SMILES string of the molecule is COc1ccc(OCC(=O)N2CCN(c3cc(Cl)ccc3C)CC2)cc1. The van der Waals surface area contributed by atoms with Gasteiger partial charge in [-0.15, -0.1) is 0 Å². The summed E-state index contributed by atoms with van der Waals surface area (Å²) < 4.78 is 10.7. The number of carbonyl (C=O) groups excluding carboxylic acids is 1. The first kappa shape index (κ1) is 18.4. The van der Waals surface area contributed by atoms with Gasteiger partial charge in [0.2, 0.25) is 0 Å². The second kappa shape index (κ2) is 8.32. The first-order chi connectivity index (χ1) is 12.6. The molecule has 1 aliphatic heterocycles. The summed E-state index contributed by atoms with van der Waals surface area (Å²) in [7, 11) is 1.62.